The molecule has 1 aromatic carbocycles. The van der Waals surface area contributed by atoms with Crippen LogP contribution in [0.4, 0.5) is 16.4 Å². The number of carbonyl (C=O) groups is 7. The molecular weight excluding hydrogens is 816 g/mol. The van der Waals surface area contributed by atoms with Gasteiger partial charge in [0.05, 0.1) is 6.33 Å². The van der Waals surface area contributed by atoms with Crippen LogP contribution in [-0.2, 0) is 53.2 Å². The average molecular weight is 863 g/mol. The summed E-state index contributed by atoms with van der Waals surface area (Å²) in [6.07, 6.45) is 2.63. The molecule has 3 aromatic heterocycles. The van der Waals surface area contributed by atoms with Gasteiger partial charge in [0.2, 0.25) is 29.5 Å². The molecule has 26 heteroatoms. The van der Waals surface area contributed by atoms with E-state index in [1.165, 1.54) is 23.3 Å². The van der Waals surface area contributed by atoms with Crippen LogP contribution in [0, 0.1) is 0 Å². The van der Waals surface area contributed by atoms with Crippen LogP contribution in [0.25, 0.3) is 11.2 Å². The van der Waals surface area contributed by atoms with Gasteiger partial charge in [-0.2, -0.15) is 4.98 Å². The Bertz CT molecular complexity index is 2330. The minimum atomic E-state index is -1.31. The van der Waals surface area contributed by atoms with Crippen molar-refractivity contribution in [3.8, 4) is 0 Å². The Kier molecular flexibility index (Phi) is 17.1. The molecule has 4 rings (SSSR count). The van der Waals surface area contributed by atoms with Crippen molar-refractivity contribution in [2.75, 3.05) is 50.7 Å². The Morgan fingerprint density at radius 3 is 2.32 bits per heavy atom. The van der Waals surface area contributed by atoms with Crippen LogP contribution in [0.2, 0.25) is 0 Å². The molecule has 6 amide bonds. The number of guanidine groups is 1. The lowest BCUT2D eigenvalue weighted by Crippen LogP contribution is -2.52. The second-order valence-corrected chi connectivity index (χ2v) is 13.3. The van der Waals surface area contributed by atoms with Gasteiger partial charge in [-0.25, -0.2) is 29.3 Å². The van der Waals surface area contributed by atoms with Gasteiger partial charge in [-0.05, 0) is 24.5 Å². The van der Waals surface area contributed by atoms with E-state index in [0.29, 0.717) is 4.90 Å². The topological polar surface area (TPSA) is 386 Å². The van der Waals surface area contributed by atoms with E-state index in [9.17, 15) is 43.5 Å². The third-order valence-electron chi connectivity index (χ3n) is 8.64. The van der Waals surface area contributed by atoms with Crippen molar-refractivity contribution in [1.82, 2.24) is 54.8 Å². The molecule has 4 aromatic rings. The third kappa shape index (κ3) is 14.6. The zero-order valence-corrected chi connectivity index (χ0v) is 33.2. The van der Waals surface area contributed by atoms with Crippen molar-refractivity contribution in [1.29, 1.82) is 0 Å². The summed E-state index contributed by atoms with van der Waals surface area (Å²) in [5.74, 6) is -6.09. The predicted molar refractivity (Wildman–Crippen MR) is 218 cm³/mol. The van der Waals surface area contributed by atoms with E-state index < -0.39 is 79.5 Å². The molecule has 0 saturated carbocycles. The molecule has 0 bridgehead atoms. The first-order valence-electron chi connectivity index (χ1n) is 18.7. The van der Waals surface area contributed by atoms with Gasteiger partial charge in [0.1, 0.15) is 56.5 Å². The predicted octanol–water partition coefficient (Wildman–Crippen LogP) is -3.51. The van der Waals surface area contributed by atoms with Gasteiger partial charge in [-0.1, -0.05) is 30.3 Å². The molecular formula is C36H46N16O10. The number of benzene rings is 1. The minimum Gasteiger partial charge on any atom is -0.480 e. The van der Waals surface area contributed by atoms with Gasteiger partial charge in [-0.15, -0.1) is 0 Å². The van der Waals surface area contributed by atoms with Crippen molar-refractivity contribution >= 4 is 70.4 Å². The summed E-state index contributed by atoms with van der Waals surface area (Å²) < 4.78 is 7.40. The van der Waals surface area contributed by atoms with Crippen molar-refractivity contribution in [3.05, 3.63) is 71.3 Å². The molecule has 0 radical (unpaired) electrons. The monoisotopic (exact) mass is 862 g/mol. The number of imidazole rings is 1. The fourth-order valence-corrected chi connectivity index (χ4v) is 5.52. The first-order valence-corrected chi connectivity index (χ1v) is 18.7. The zero-order valence-electron chi connectivity index (χ0n) is 33.2. The van der Waals surface area contributed by atoms with Crippen LogP contribution in [0.5, 0.6) is 0 Å². The zero-order chi connectivity index (χ0) is 45.2. The number of nitrogens with two attached hydrogens (primary N) is 4. The number of rotatable bonds is 22. The van der Waals surface area contributed by atoms with Gasteiger partial charge in [0.15, 0.2) is 17.4 Å². The number of aliphatic imine (C=N–C) groups is 1. The van der Waals surface area contributed by atoms with E-state index in [1.54, 1.807) is 30.3 Å². The van der Waals surface area contributed by atoms with E-state index in [1.807, 2.05) is 0 Å². The summed E-state index contributed by atoms with van der Waals surface area (Å²) in [5, 5.41) is 16.7. The Balaban J connectivity index is 1.48. The van der Waals surface area contributed by atoms with E-state index in [-0.39, 0.29) is 80.8 Å². The number of aliphatic carboxylic acids is 1. The molecule has 3 heterocycles. The van der Waals surface area contributed by atoms with Crippen LogP contribution >= 0.6 is 0 Å². The highest BCUT2D eigenvalue weighted by atomic mass is 16.5. The minimum absolute atomic E-state index is 0.00580. The number of hydrogen-bond donors (Lipinski definition) is 8. The average Bonchev–Trinajstić information content (AvgIpc) is 3.64. The van der Waals surface area contributed by atoms with Crippen LogP contribution in [0.1, 0.15) is 24.8 Å². The molecule has 330 valence electrons. The smallest absolute Gasteiger partial charge is 0.407 e. The molecule has 0 spiro atoms. The molecule has 1 atom stereocenters. The van der Waals surface area contributed by atoms with Gasteiger partial charge < -0.3 is 58.2 Å². The number of nitrogen functional groups attached to an aromatic ring is 2. The van der Waals surface area contributed by atoms with E-state index in [0.717, 1.165) is 21.2 Å². The summed E-state index contributed by atoms with van der Waals surface area (Å²) in [7, 11) is 0. The number of imide groups is 1. The standard InChI is InChI=1S/C36H46N16O10/c37-24-9-13-50(35(60)48-24)18-29(57)52(15-26(54)41-11-8-25(53)47-23(33(58)59)7-4-10-42-34(39)40)28(56)17-49(14-12-43-36(61)62-19-22-5-2-1-3-6-22)27(55)16-51-21-46-30-31(38)44-20-45-32(30)51/h1-3,5-6,9,13,20-21,23H,4,7-8,10-12,14-19H2,(H,41,54)(H,43,61)(H,47,53)(H,58,59)(H2,37,48,60)(H2,38,44,45)(H4,39,40,42)/t23-/m0/s1. The number of carboxylic acids is 1. The van der Waals surface area contributed by atoms with Gasteiger partial charge >= 0.3 is 17.8 Å². The number of amides is 6. The van der Waals surface area contributed by atoms with Crippen LogP contribution in [0.15, 0.2) is 65.0 Å². The lowest BCUT2D eigenvalue weighted by molar-refractivity contribution is -0.151. The normalized spacial score (nSPS) is 11.2. The molecule has 0 aliphatic rings. The van der Waals surface area contributed by atoms with Crippen LogP contribution in [-0.4, -0.2) is 137 Å². The summed E-state index contributed by atoms with van der Waals surface area (Å²) in [5.41, 5.74) is 22.2. The summed E-state index contributed by atoms with van der Waals surface area (Å²) >= 11 is 0. The van der Waals surface area contributed by atoms with E-state index >= 15 is 0 Å². The molecule has 62 heavy (non-hydrogen) atoms. The molecule has 0 aliphatic carbocycles. The second-order valence-electron chi connectivity index (χ2n) is 13.3. The second kappa shape index (κ2) is 22.8. The highest BCUT2D eigenvalue weighted by molar-refractivity contribution is 6.00. The Hall–Kier alpha value is -8.19. The number of aromatic nitrogens is 6. The molecule has 0 unspecified atom stereocenters. The van der Waals surface area contributed by atoms with Crippen molar-refractivity contribution in [2.45, 2.75) is 45.0 Å². The van der Waals surface area contributed by atoms with Gasteiger partial charge in [-0.3, -0.25) is 38.4 Å². The molecule has 0 fully saturated rings. The number of fused-ring (bicyclic) bond motifs is 1. The van der Waals surface area contributed by atoms with E-state index in [4.69, 9.17) is 27.7 Å². The number of carbonyl (C=O) groups excluding carboxylic acids is 6. The SMILES string of the molecule is NC(N)=NCCC[C@H](NC(=O)CCNC(=O)CN(C(=O)CN(CCNC(=O)OCc1ccccc1)C(=O)Cn1cnc2c(N)ncnc21)C(=O)Cn1ccc(N)nc1=O)C(=O)O. The largest absolute Gasteiger partial charge is 0.480 e. The maximum absolute atomic E-state index is 14.0. The highest BCUT2D eigenvalue weighted by Crippen LogP contribution is 2.14. The van der Waals surface area contributed by atoms with Crippen LogP contribution < -0.4 is 44.6 Å². The summed E-state index contributed by atoms with van der Waals surface area (Å²) in [6, 6.07) is 8.79. The fraction of sp³-hybridized carbons (Fsp3) is 0.361. The van der Waals surface area contributed by atoms with Crippen molar-refractivity contribution in [3.63, 3.8) is 0 Å². The maximum atomic E-state index is 14.0. The first kappa shape index (κ1) is 46.5. The van der Waals surface area contributed by atoms with Gasteiger partial charge in [0, 0.05) is 38.8 Å². The maximum Gasteiger partial charge on any atom is 0.407 e. The lowest BCUT2D eigenvalue weighted by Gasteiger charge is -2.27. The fourth-order valence-electron chi connectivity index (χ4n) is 5.52. The number of carboxylic acid groups (broad SMARTS) is 1. The molecule has 12 N–H and O–H groups in total. The molecule has 0 saturated heterocycles. The molecule has 26 nitrogen and oxygen atoms in total. The van der Waals surface area contributed by atoms with Gasteiger partial charge in [0.25, 0.3) is 0 Å². The number of ether oxygens (including phenoxy) is 1. The summed E-state index contributed by atoms with van der Waals surface area (Å²) in [6.45, 7) is -3.76. The number of hydrogen-bond acceptors (Lipinski definition) is 16. The number of nitrogens with zero attached hydrogens (tertiary/aromatic N) is 9. The summed E-state index contributed by atoms with van der Waals surface area (Å²) in [4.78, 5) is 125. The van der Waals surface area contributed by atoms with Crippen molar-refractivity contribution in [2.24, 2.45) is 16.5 Å². The Morgan fingerprint density at radius 1 is 0.871 bits per heavy atom. The first-order chi connectivity index (χ1) is 29.6. The lowest BCUT2D eigenvalue weighted by atomic mass is 10.1. The molecule has 0 aliphatic heterocycles. The Morgan fingerprint density at radius 2 is 1.61 bits per heavy atom. The quantitative estimate of drug-likeness (QED) is 0.0216. The number of alkyl carbamates (subject to hydrolysis) is 1. The Labute approximate surface area is 351 Å². The number of nitrogens with one attached hydrogen (secondary N) is 3. The third-order valence-corrected chi connectivity index (χ3v) is 8.64. The van der Waals surface area contributed by atoms with E-state index in [2.05, 4.69) is 40.9 Å². The number of anilines is 2. The van der Waals surface area contributed by atoms with Crippen molar-refractivity contribution < 1.29 is 43.4 Å². The van der Waals surface area contributed by atoms with Crippen LogP contribution in [0.3, 0.4) is 0 Å². The highest BCUT2D eigenvalue weighted by Gasteiger charge is 2.29.